The summed E-state index contributed by atoms with van der Waals surface area (Å²) in [5, 5.41) is 0. The lowest BCUT2D eigenvalue weighted by molar-refractivity contribution is -0.143. The molecule has 2 amide bonds. The Morgan fingerprint density at radius 1 is 0.967 bits per heavy atom. The van der Waals surface area contributed by atoms with Gasteiger partial charge < -0.3 is 14.5 Å². The van der Waals surface area contributed by atoms with E-state index >= 15 is 0 Å². The van der Waals surface area contributed by atoms with Crippen molar-refractivity contribution in [2.45, 2.75) is 50.9 Å². The number of hydrogen-bond donors (Lipinski definition) is 0. The molecule has 2 aromatic carbocycles. The monoisotopic (exact) mass is 406 g/mol. The summed E-state index contributed by atoms with van der Waals surface area (Å²) in [6.45, 7) is 4.53. The zero-order valence-electron chi connectivity index (χ0n) is 17.6. The third kappa shape index (κ3) is 4.26. The maximum Gasteiger partial charge on any atom is 0.254 e. The normalized spacial score (nSPS) is 22.3. The molecule has 0 aliphatic carbocycles. The highest BCUT2D eigenvalue weighted by atomic mass is 16.5. The summed E-state index contributed by atoms with van der Waals surface area (Å²) in [6.07, 6.45) is 3.42. The van der Waals surface area contributed by atoms with Crippen LogP contribution in [0.15, 0.2) is 60.7 Å². The van der Waals surface area contributed by atoms with Gasteiger partial charge in [-0.15, -0.1) is 0 Å². The average molecular weight is 407 g/mol. The Kier molecular flexibility index (Phi) is 6.18. The first-order chi connectivity index (χ1) is 14.6. The van der Waals surface area contributed by atoms with Gasteiger partial charge in [0.1, 0.15) is 5.54 Å². The quantitative estimate of drug-likeness (QED) is 0.757. The molecule has 2 fully saturated rings. The van der Waals surface area contributed by atoms with E-state index < -0.39 is 5.54 Å². The Morgan fingerprint density at radius 2 is 1.60 bits per heavy atom. The van der Waals surface area contributed by atoms with Crippen molar-refractivity contribution in [3.8, 4) is 0 Å². The number of rotatable bonds is 5. The first-order valence-electron chi connectivity index (χ1n) is 10.9. The smallest absolute Gasteiger partial charge is 0.254 e. The molecule has 0 radical (unpaired) electrons. The molecule has 2 aromatic rings. The Bertz CT molecular complexity index is 862. The molecular weight excluding hydrogens is 376 g/mol. The van der Waals surface area contributed by atoms with Crippen LogP contribution in [0.5, 0.6) is 0 Å². The highest BCUT2D eigenvalue weighted by Crippen LogP contribution is 2.33. The van der Waals surface area contributed by atoms with Gasteiger partial charge in [-0.2, -0.15) is 0 Å². The van der Waals surface area contributed by atoms with E-state index in [1.54, 1.807) is 4.90 Å². The molecule has 2 heterocycles. The van der Waals surface area contributed by atoms with Gasteiger partial charge in [-0.1, -0.05) is 48.5 Å². The van der Waals surface area contributed by atoms with Crippen molar-refractivity contribution < 1.29 is 14.3 Å². The molecule has 5 nitrogen and oxygen atoms in total. The molecule has 0 bridgehead atoms. The zero-order chi connectivity index (χ0) is 21.0. The molecule has 1 unspecified atom stereocenters. The second-order valence-electron chi connectivity index (χ2n) is 8.49. The van der Waals surface area contributed by atoms with Crippen LogP contribution < -0.4 is 0 Å². The fourth-order valence-corrected chi connectivity index (χ4v) is 4.60. The fraction of sp³-hybridized carbons (Fsp3) is 0.440. The fourth-order valence-electron chi connectivity index (χ4n) is 4.60. The lowest BCUT2D eigenvalue weighted by atomic mass is 9.94. The Balaban J connectivity index is 1.35. The molecule has 0 saturated carbocycles. The molecule has 2 saturated heterocycles. The molecule has 0 N–H and O–H groups in total. The number of carbonyl (C=O) groups is 2. The summed E-state index contributed by atoms with van der Waals surface area (Å²) in [6, 6.07) is 19.4. The standard InChI is InChI=1S/C25H30N2O3/c1-25(15-8-16-27(25)23(28)21-11-6-3-7-12-21)24(29)26-17-13-22(14-18-26)30-19-20-9-4-2-5-10-20/h2-7,9-12,22H,8,13-19H2,1H3. The van der Waals surface area contributed by atoms with Gasteiger partial charge in [0.15, 0.2) is 0 Å². The van der Waals surface area contributed by atoms with Gasteiger partial charge in [0.2, 0.25) is 5.91 Å². The van der Waals surface area contributed by atoms with Crippen LogP contribution in [0.3, 0.4) is 0 Å². The van der Waals surface area contributed by atoms with Crippen LogP contribution in [0.2, 0.25) is 0 Å². The lowest BCUT2D eigenvalue weighted by Crippen LogP contribution is -2.58. The predicted molar refractivity (Wildman–Crippen MR) is 116 cm³/mol. The Labute approximate surface area is 178 Å². The van der Waals surface area contributed by atoms with Gasteiger partial charge in [0.25, 0.3) is 5.91 Å². The number of hydrogen-bond acceptors (Lipinski definition) is 3. The molecule has 1 atom stereocenters. The van der Waals surface area contributed by atoms with Crippen LogP contribution in [-0.4, -0.2) is 52.9 Å². The van der Waals surface area contributed by atoms with Gasteiger partial charge in [-0.05, 0) is 50.3 Å². The maximum absolute atomic E-state index is 13.4. The Hall–Kier alpha value is -2.66. The second-order valence-corrected chi connectivity index (χ2v) is 8.49. The molecule has 30 heavy (non-hydrogen) atoms. The average Bonchev–Trinajstić information content (AvgIpc) is 3.21. The lowest BCUT2D eigenvalue weighted by Gasteiger charge is -2.40. The molecule has 158 valence electrons. The minimum absolute atomic E-state index is 0.0509. The van der Waals surface area contributed by atoms with E-state index in [-0.39, 0.29) is 17.9 Å². The van der Waals surface area contributed by atoms with Gasteiger partial charge in [-0.25, -0.2) is 0 Å². The van der Waals surface area contributed by atoms with E-state index in [4.69, 9.17) is 4.74 Å². The number of ether oxygens (including phenoxy) is 1. The number of nitrogens with zero attached hydrogens (tertiary/aromatic N) is 2. The van der Waals surface area contributed by atoms with Gasteiger partial charge in [0, 0.05) is 25.2 Å². The molecule has 2 aliphatic rings. The number of amides is 2. The predicted octanol–water partition coefficient (Wildman–Crippen LogP) is 3.89. The summed E-state index contributed by atoms with van der Waals surface area (Å²) in [7, 11) is 0. The van der Waals surface area contributed by atoms with E-state index in [1.165, 1.54) is 5.56 Å². The zero-order valence-corrected chi connectivity index (χ0v) is 17.6. The van der Waals surface area contributed by atoms with Crippen molar-refractivity contribution in [3.63, 3.8) is 0 Å². The van der Waals surface area contributed by atoms with Crippen LogP contribution >= 0.6 is 0 Å². The van der Waals surface area contributed by atoms with Crippen LogP contribution in [0.4, 0.5) is 0 Å². The summed E-state index contributed by atoms with van der Waals surface area (Å²) in [5.74, 6) is 0.0239. The molecule has 4 rings (SSSR count). The van der Waals surface area contributed by atoms with E-state index in [0.717, 1.165) is 25.7 Å². The molecule has 0 spiro atoms. The molecular formula is C25H30N2O3. The summed E-state index contributed by atoms with van der Waals surface area (Å²) in [5.41, 5.74) is 1.06. The first kappa shape index (κ1) is 20.6. The maximum atomic E-state index is 13.4. The minimum Gasteiger partial charge on any atom is -0.373 e. The van der Waals surface area contributed by atoms with Crippen LogP contribution in [0.1, 0.15) is 48.5 Å². The van der Waals surface area contributed by atoms with Gasteiger partial charge in [-0.3, -0.25) is 9.59 Å². The van der Waals surface area contributed by atoms with Crippen LogP contribution in [0, 0.1) is 0 Å². The largest absolute Gasteiger partial charge is 0.373 e. The summed E-state index contributed by atoms with van der Waals surface area (Å²) in [4.78, 5) is 30.2. The molecule has 0 aromatic heterocycles. The topological polar surface area (TPSA) is 49.9 Å². The van der Waals surface area contributed by atoms with E-state index in [2.05, 4.69) is 12.1 Å². The van der Waals surface area contributed by atoms with Crippen molar-refractivity contribution in [1.82, 2.24) is 9.80 Å². The SMILES string of the molecule is CC1(C(=O)N2CCC(OCc3ccccc3)CC2)CCCN1C(=O)c1ccccc1. The number of piperidine rings is 1. The highest BCUT2D eigenvalue weighted by Gasteiger charge is 2.48. The van der Waals surface area contributed by atoms with E-state index in [1.807, 2.05) is 60.4 Å². The first-order valence-corrected chi connectivity index (χ1v) is 10.9. The highest BCUT2D eigenvalue weighted by molar-refractivity contribution is 5.99. The number of benzene rings is 2. The van der Waals surface area contributed by atoms with Crippen molar-refractivity contribution in [3.05, 3.63) is 71.8 Å². The van der Waals surface area contributed by atoms with Crippen LogP contribution in [0.25, 0.3) is 0 Å². The summed E-state index contributed by atoms with van der Waals surface area (Å²) >= 11 is 0. The summed E-state index contributed by atoms with van der Waals surface area (Å²) < 4.78 is 6.06. The Morgan fingerprint density at radius 3 is 2.27 bits per heavy atom. The van der Waals surface area contributed by atoms with E-state index in [9.17, 15) is 9.59 Å². The van der Waals surface area contributed by atoms with Gasteiger partial charge >= 0.3 is 0 Å². The van der Waals surface area contributed by atoms with Crippen molar-refractivity contribution in [2.75, 3.05) is 19.6 Å². The van der Waals surface area contributed by atoms with Crippen molar-refractivity contribution in [1.29, 1.82) is 0 Å². The van der Waals surface area contributed by atoms with Crippen molar-refractivity contribution >= 4 is 11.8 Å². The minimum atomic E-state index is -0.759. The number of likely N-dealkylation sites (tertiary alicyclic amines) is 2. The van der Waals surface area contributed by atoms with Crippen molar-refractivity contribution in [2.24, 2.45) is 0 Å². The molecule has 5 heteroatoms. The van der Waals surface area contributed by atoms with Gasteiger partial charge in [0.05, 0.1) is 12.7 Å². The van der Waals surface area contributed by atoms with Crippen LogP contribution in [-0.2, 0) is 16.1 Å². The molecule has 2 aliphatic heterocycles. The van der Waals surface area contributed by atoms with E-state index in [0.29, 0.717) is 31.8 Å². The second kappa shape index (κ2) is 9.00. The third-order valence-electron chi connectivity index (χ3n) is 6.43. The number of carbonyl (C=O) groups excluding carboxylic acids is 2. The third-order valence-corrected chi connectivity index (χ3v) is 6.43.